The Bertz CT molecular complexity index is 1210. The quantitative estimate of drug-likeness (QED) is 0.665. The number of anilines is 1. The molecule has 3 aromatic rings. The van der Waals surface area contributed by atoms with Gasteiger partial charge in [0.25, 0.3) is 0 Å². The van der Waals surface area contributed by atoms with Gasteiger partial charge in [0.2, 0.25) is 5.95 Å². The molecule has 7 heteroatoms. The van der Waals surface area contributed by atoms with Gasteiger partial charge in [-0.25, -0.2) is 9.07 Å². The predicted octanol–water partition coefficient (Wildman–Crippen LogP) is 4.75. The zero-order chi connectivity index (χ0) is 21.8. The Morgan fingerprint density at radius 3 is 2.61 bits per heavy atom. The number of para-hydroxylation sites is 1. The van der Waals surface area contributed by atoms with Crippen molar-refractivity contribution in [3.05, 3.63) is 71.2 Å². The molecule has 0 saturated heterocycles. The van der Waals surface area contributed by atoms with E-state index in [-0.39, 0.29) is 17.0 Å². The fraction of sp³-hybridized carbons (Fsp3) is 0.292. The Labute approximate surface area is 179 Å². The largest absolute Gasteiger partial charge is 0.496 e. The summed E-state index contributed by atoms with van der Waals surface area (Å²) in [6.07, 6.45) is 1.18. The number of ether oxygens (including phenoxy) is 1. The first kappa shape index (κ1) is 19.5. The van der Waals surface area contributed by atoms with Crippen LogP contribution in [-0.2, 0) is 4.79 Å². The Hall–Kier alpha value is -3.48. The number of hydrogen-bond acceptors (Lipinski definition) is 5. The first-order valence-corrected chi connectivity index (χ1v) is 10.2. The fourth-order valence-electron chi connectivity index (χ4n) is 4.51. The summed E-state index contributed by atoms with van der Waals surface area (Å²) in [5.41, 5.74) is 2.94. The van der Waals surface area contributed by atoms with Crippen LogP contribution in [0, 0.1) is 11.2 Å². The van der Waals surface area contributed by atoms with Crippen molar-refractivity contribution < 1.29 is 13.9 Å². The van der Waals surface area contributed by atoms with Crippen LogP contribution in [0.1, 0.15) is 38.3 Å². The highest BCUT2D eigenvalue weighted by atomic mass is 19.1. The number of ketones is 1. The van der Waals surface area contributed by atoms with Crippen LogP contribution in [0.5, 0.6) is 5.75 Å². The highest BCUT2D eigenvalue weighted by Gasteiger charge is 2.42. The molecular formula is C24H23FN4O2. The van der Waals surface area contributed by atoms with E-state index >= 15 is 0 Å². The van der Waals surface area contributed by atoms with Crippen molar-refractivity contribution in [3.63, 3.8) is 0 Å². The van der Waals surface area contributed by atoms with Crippen molar-refractivity contribution in [2.45, 2.75) is 32.7 Å². The minimum absolute atomic E-state index is 0.0769. The lowest BCUT2D eigenvalue weighted by atomic mass is 9.73. The molecule has 6 nitrogen and oxygen atoms in total. The molecule has 2 heterocycles. The number of benzene rings is 2. The van der Waals surface area contributed by atoms with E-state index in [2.05, 4.69) is 19.2 Å². The van der Waals surface area contributed by atoms with Gasteiger partial charge in [-0.05, 0) is 41.7 Å². The van der Waals surface area contributed by atoms with E-state index in [1.807, 2.05) is 24.3 Å². The highest BCUT2D eigenvalue weighted by molar-refractivity contribution is 6.00. The summed E-state index contributed by atoms with van der Waals surface area (Å²) in [6, 6.07) is 13.3. The Balaban J connectivity index is 1.69. The van der Waals surface area contributed by atoms with Crippen molar-refractivity contribution in [1.82, 2.24) is 14.8 Å². The molecule has 2 aromatic carbocycles. The monoisotopic (exact) mass is 418 g/mol. The van der Waals surface area contributed by atoms with Gasteiger partial charge in [-0.15, -0.1) is 5.10 Å². The molecule has 1 aliphatic carbocycles. The van der Waals surface area contributed by atoms with Crippen molar-refractivity contribution in [2.75, 3.05) is 12.4 Å². The number of aromatic nitrogens is 3. The minimum atomic E-state index is -0.466. The zero-order valence-corrected chi connectivity index (χ0v) is 17.6. The maximum atomic E-state index is 13.6. The van der Waals surface area contributed by atoms with E-state index in [0.29, 0.717) is 29.5 Å². The molecule has 1 aliphatic heterocycles. The van der Waals surface area contributed by atoms with Crippen LogP contribution < -0.4 is 10.1 Å². The van der Waals surface area contributed by atoms with Gasteiger partial charge in [0.15, 0.2) is 11.6 Å². The van der Waals surface area contributed by atoms with Gasteiger partial charge < -0.3 is 10.1 Å². The molecule has 0 bridgehead atoms. The van der Waals surface area contributed by atoms with E-state index in [9.17, 15) is 9.18 Å². The molecule has 158 valence electrons. The molecule has 1 aromatic heterocycles. The molecule has 0 saturated carbocycles. The number of carbonyl (C=O) groups excluding carboxylic acids is 1. The Morgan fingerprint density at radius 2 is 1.87 bits per heavy atom. The lowest BCUT2D eigenvalue weighted by Gasteiger charge is -2.38. The first-order chi connectivity index (χ1) is 14.9. The third kappa shape index (κ3) is 3.30. The Kier molecular flexibility index (Phi) is 4.43. The topological polar surface area (TPSA) is 69.0 Å². The number of Topliss-reactive ketones (excluding diaryl/α,β-unsaturated/α-hetero) is 1. The summed E-state index contributed by atoms with van der Waals surface area (Å²) in [5, 5.41) is 8.11. The molecule has 2 aliphatic rings. The lowest BCUT2D eigenvalue weighted by molar-refractivity contribution is -0.118. The fourth-order valence-corrected chi connectivity index (χ4v) is 4.51. The minimum Gasteiger partial charge on any atom is -0.496 e. The molecule has 5 rings (SSSR count). The number of methoxy groups -OCH3 is 1. The van der Waals surface area contributed by atoms with E-state index in [0.717, 1.165) is 23.2 Å². The number of nitrogens with one attached hydrogen (secondary N) is 1. The number of hydrogen-bond donors (Lipinski definition) is 1. The molecule has 1 atom stereocenters. The van der Waals surface area contributed by atoms with E-state index < -0.39 is 6.04 Å². The van der Waals surface area contributed by atoms with Gasteiger partial charge in [-0.2, -0.15) is 4.98 Å². The summed E-state index contributed by atoms with van der Waals surface area (Å²) >= 11 is 0. The maximum Gasteiger partial charge on any atom is 0.226 e. The van der Waals surface area contributed by atoms with Crippen molar-refractivity contribution >= 4 is 11.7 Å². The Morgan fingerprint density at radius 1 is 1.13 bits per heavy atom. The van der Waals surface area contributed by atoms with Crippen molar-refractivity contribution in [3.8, 4) is 17.1 Å². The molecular weight excluding hydrogens is 395 g/mol. The second-order valence-electron chi connectivity index (χ2n) is 8.82. The first-order valence-electron chi connectivity index (χ1n) is 10.2. The van der Waals surface area contributed by atoms with E-state index in [4.69, 9.17) is 14.8 Å². The average molecular weight is 418 g/mol. The molecule has 0 radical (unpaired) electrons. The smallest absolute Gasteiger partial charge is 0.226 e. The van der Waals surface area contributed by atoms with Crippen LogP contribution in [0.2, 0.25) is 0 Å². The number of fused-ring (bicyclic) bond motifs is 1. The second kappa shape index (κ2) is 7.04. The summed E-state index contributed by atoms with van der Waals surface area (Å²) in [6.45, 7) is 4.17. The normalized spacial score (nSPS) is 19.5. The van der Waals surface area contributed by atoms with Crippen LogP contribution in [0.25, 0.3) is 11.4 Å². The maximum absolute atomic E-state index is 13.6. The standard InChI is InChI=1S/C24H23FN4O2/c1-24(2)12-17-20(18(30)13-24)21(14-8-10-15(25)11-9-14)29-23(26-17)27-22(28-29)16-6-4-5-7-19(16)31-3/h4-11,21H,12-13H2,1-3H3,(H,26,27,28). The molecule has 31 heavy (non-hydrogen) atoms. The SMILES string of the molecule is COc1ccccc1-c1nc2n(n1)C(c1ccc(F)cc1)C1=C(CC(C)(C)CC1=O)N2. The molecule has 1 unspecified atom stereocenters. The van der Waals surface area contributed by atoms with E-state index in [1.165, 1.54) is 12.1 Å². The third-order valence-electron chi connectivity index (χ3n) is 5.87. The number of carbonyl (C=O) groups is 1. The van der Waals surface area contributed by atoms with E-state index in [1.54, 1.807) is 23.9 Å². The molecule has 0 spiro atoms. The molecule has 0 amide bonds. The van der Waals surface area contributed by atoms with Gasteiger partial charge in [-0.3, -0.25) is 4.79 Å². The predicted molar refractivity (Wildman–Crippen MR) is 115 cm³/mol. The van der Waals surface area contributed by atoms with Crippen molar-refractivity contribution in [1.29, 1.82) is 0 Å². The van der Waals surface area contributed by atoms with Gasteiger partial charge >= 0.3 is 0 Å². The van der Waals surface area contributed by atoms with Crippen LogP contribution >= 0.6 is 0 Å². The second-order valence-corrected chi connectivity index (χ2v) is 8.82. The van der Waals surface area contributed by atoms with Crippen molar-refractivity contribution in [2.24, 2.45) is 5.41 Å². The highest BCUT2D eigenvalue weighted by Crippen LogP contribution is 2.46. The summed E-state index contributed by atoms with van der Waals surface area (Å²) in [5.74, 6) is 1.47. The summed E-state index contributed by atoms with van der Waals surface area (Å²) < 4.78 is 20.8. The average Bonchev–Trinajstić information content (AvgIpc) is 3.15. The van der Waals surface area contributed by atoms with Crippen LogP contribution in [0.3, 0.4) is 0 Å². The molecule has 1 N–H and O–H groups in total. The number of rotatable bonds is 3. The van der Waals surface area contributed by atoms with Crippen LogP contribution in [0.4, 0.5) is 10.3 Å². The summed E-state index contributed by atoms with van der Waals surface area (Å²) in [4.78, 5) is 18.0. The lowest BCUT2D eigenvalue weighted by Crippen LogP contribution is -2.36. The van der Waals surface area contributed by atoms with Gasteiger partial charge in [0.05, 0.1) is 12.7 Å². The third-order valence-corrected chi connectivity index (χ3v) is 5.87. The van der Waals surface area contributed by atoms with Crippen LogP contribution in [-0.4, -0.2) is 27.7 Å². The zero-order valence-electron chi connectivity index (χ0n) is 17.6. The summed E-state index contributed by atoms with van der Waals surface area (Å²) in [7, 11) is 1.61. The van der Waals surface area contributed by atoms with Gasteiger partial charge in [0.1, 0.15) is 17.6 Å². The number of nitrogens with zero attached hydrogens (tertiary/aromatic N) is 3. The van der Waals surface area contributed by atoms with Gasteiger partial charge in [0, 0.05) is 17.7 Å². The van der Waals surface area contributed by atoms with Gasteiger partial charge in [-0.1, -0.05) is 38.1 Å². The number of halogens is 1. The molecule has 0 fully saturated rings. The van der Waals surface area contributed by atoms with Crippen LogP contribution in [0.15, 0.2) is 59.8 Å². The number of allylic oxidation sites excluding steroid dienone is 2.